The van der Waals surface area contributed by atoms with E-state index in [0.717, 1.165) is 214 Å². The molecule has 10 aliphatic rings. The Balaban J connectivity index is 0.000000153. The molecule has 0 spiro atoms. The number of likely N-dealkylation sites (tertiary alicyclic amines) is 2. The van der Waals surface area contributed by atoms with E-state index in [0.29, 0.717) is 125 Å². The van der Waals surface area contributed by atoms with Crippen molar-refractivity contribution in [1.82, 2.24) is 41.7 Å². The van der Waals surface area contributed by atoms with Crippen molar-refractivity contribution >= 4 is 46.3 Å². The van der Waals surface area contributed by atoms with E-state index in [1.165, 1.54) is 49.7 Å². The van der Waals surface area contributed by atoms with Crippen molar-refractivity contribution in [2.24, 2.45) is 0 Å². The quantitative estimate of drug-likeness (QED) is 0.0212. The Morgan fingerprint density at radius 3 is 0.621 bits per heavy atom. The van der Waals surface area contributed by atoms with Gasteiger partial charge in [-0.2, -0.15) is 0 Å². The molecule has 20 nitrogen and oxygen atoms in total. The number of nitrogens with one attached hydrogen (secondary N) is 6. The summed E-state index contributed by atoms with van der Waals surface area (Å²) in [6.07, 6.45) is 34.9. The molecule has 18 rings (SSSR count). The van der Waals surface area contributed by atoms with Crippen molar-refractivity contribution in [2.45, 2.75) is 315 Å². The number of methoxy groups -OCH3 is 2. The summed E-state index contributed by atoms with van der Waals surface area (Å²) in [5.74, 6) is 2.73. The molecule has 0 amide bonds. The molecule has 0 radical (unpaired) electrons. The van der Waals surface area contributed by atoms with E-state index in [2.05, 4.69) is 142 Å². The van der Waals surface area contributed by atoms with Gasteiger partial charge in [-0.05, 0) is 227 Å². The van der Waals surface area contributed by atoms with Gasteiger partial charge in [-0.25, -0.2) is 0 Å². The molecular formula is C120H164N8O12. The van der Waals surface area contributed by atoms with Crippen LogP contribution >= 0.6 is 0 Å². The molecule has 0 unspecified atom stereocenters. The van der Waals surface area contributed by atoms with Gasteiger partial charge in [0, 0.05) is 104 Å². The summed E-state index contributed by atoms with van der Waals surface area (Å²) in [6.45, 7) is 16.4. The van der Waals surface area contributed by atoms with Gasteiger partial charge in [0.25, 0.3) is 0 Å². The van der Waals surface area contributed by atoms with Crippen LogP contribution in [0.2, 0.25) is 0 Å². The maximum absolute atomic E-state index is 12.7. The van der Waals surface area contributed by atoms with Crippen molar-refractivity contribution in [3.05, 3.63) is 287 Å². The summed E-state index contributed by atoms with van der Waals surface area (Å²) < 4.78 is 10.2. The number of ketones is 8. The SMILES string of the molecule is CC(C)N[C@@]1(c2ccccc2)CCCCC1=O.CC(C)N[C@]1(c2ccccc2)CCCCC1=O.COCCN[C@@]1(c2ccccc2)CCCCC1=O.COCCN[C@]1(c2ccccc2)CCCCC1=O.O=C1CCCC[C@@]1(NCCO)c1ccccc1.O=C1CCCC[C@@]1(c1ccccc1)N1CCCC1.O=C1CCCC[C@]1(NCCO)c1ccccc1.O=C1CCCC[C@]1(c1ccccc1)N1CCCC1. The number of ether oxygens (including phenoxy) is 2. The van der Waals surface area contributed by atoms with Crippen LogP contribution in [0.1, 0.15) is 303 Å². The Morgan fingerprint density at radius 1 is 0.243 bits per heavy atom. The Morgan fingerprint density at radius 2 is 0.429 bits per heavy atom. The molecule has 8 aromatic carbocycles. The average Bonchev–Trinajstić information content (AvgIpc) is 1.32. The largest absolute Gasteiger partial charge is 0.395 e. The number of rotatable bonds is 28. The van der Waals surface area contributed by atoms with Crippen molar-refractivity contribution in [3.63, 3.8) is 0 Å². The number of hydrogen-bond acceptors (Lipinski definition) is 20. The number of aliphatic hydroxyl groups is 2. The molecule has 8 saturated carbocycles. The van der Waals surface area contributed by atoms with E-state index in [9.17, 15) is 38.4 Å². The van der Waals surface area contributed by atoms with Crippen LogP contribution in [0, 0.1) is 0 Å². The maximum atomic E-state index is 12.7. The molecule has 2 saturated heterocycles. The molecule has 0 aromatic heterocycles. The highest BCUT2D eigenvalue weighted by molar-refractivity contribution is 5.95. The van der Waals surface area contributed by atoms with E-state index in [4.69, 9.17) is 19.7 Å². The number of carbonyl (C=O) groups is 8. The first-order valence-corrected chi connectivity index (χ1v) is 53.1. The molecule has 0 bridgehead atoms. The third-order valence-electron chi connectivity index (χ3n) is 30.4. The summed E-state index contributed by atoms with van der Waals surface area (Å²) in [4.78, 5) is 104. The second-order valence-electron chi connectivity index (χ2n) is 40.2. The molecule has 8 aliphatic carbocycles. The smallest absolute Gasteiger partial charge is 0.157 e. The highest BCUT2D eigenvalue weighted by atomic mass is 16.5. The van der Waals surface area contributed by atoms with Crippen molar-refractivity contribution in [3.8, 4) is 0 Å². The fourth-order valence-electron chi connectivity index (χ4n) is 23.5. The molecular weight excluding hydrogens is 1750 g/mol. The van der Waals surface area contributed by atoms with E-state index in [-0.39, 0.29) is 35.9 Å². The number of benzene rings is 8. The van der Waals surface area contributed by atoms with Crippen molar-refractivity contribution < 1.29 is 58.0 Å². The van der Waals surface area contributed by atoms with Crippen LogP contribution in [0.25, 0.3) is 0 Å². The van der Waals surface area contributed by atoms with Gasteiger partial charge in [-0.15, -0.1) is 0 Å². The van der Waals surface area contributed by atoms with Crippen LogP contribution < -0.4 is 31.9 Å². The number of Topliss-reactive ketones (excluding diaryl/α,β-unsaturated/α-hetero) is 8. The first kappa shape index (κ1) is 111. The number of nitrogens with zero attached hydrogens (tertiary/aromatic N) is 2. The van der Waals surface area contributed by atoms with E-state index < -0.39 is 33.2 Å². The zero-order valence-electron chi connectivity index (χ0n) is 85.1. The molecule has 8 atom stereocenters. The lowest BCUT2D eigenvalue weighted by Crippen LogP contribution is -2.53. The average molecular weight is 1910 g/mol. The molecule has 2 heterocycles. The Kier molecular flexibility index (Phi) is 44.9. The Labute approximate surface area is 836 Å². The molecule has 2 aliphatic heterocycles. The van der Waals surface area contributed by atoms with Gasteiger partial charge in [0.1, 0.15) is 44.3 Å². The summed E-state index contributed by atoms with van der Waals surface area (Å²) in [5, 5.41) is 38.3. The van der Waals surface area contributed by atoms with Gasteiger partial charge in [0.15, 0.2) is 46.3 Å². The number of aliphatic hydroxyl groups excluding tert-OH is 2. The van der Waals surface area contributed by atoms with Crippen LogP contribution in [-0.2, 0) is 92.1 Å². The fourth-order valence-corrected chi connectivity index (χ4v) is 23.5. The van der Waals surface area contributed by atoms with Gasteiger partial charge < -0.3 is 19.7 Å². The van der Waals surface area contributed by atoms with Crippen LogP contribution in [-0.4, -0.2) is 171 Å². The van der Waals surface area contributed by atoms with Gasteiger partial charge in [0.2, 0.25) is 0 Å². The highest BCUT2D eigenvalue weighted by Gasteiger charge is 2.51. The molecule has 20 heteroatoms. The minimum atomic E-state index is -0.567. The van der Waals surface area contributed by atoms with Crippen molar-refractivity contribution in [2.75, 3.05) is 93.0 Å². The zero-order valence-corrected chi connectivity index (χ0v) is 85.1. The van der Waals surface area contributed by atoms with Gasteiger partial charge >= 0.3 is 0 Å². The maximum Gasteiger partial charge on any atom is 0.157 e. The van der Waals surface area contributed by atoms with Gasteiger partial charge in [0.05, 0.1) is 26.4 Å². The van der Waals surface area contributed by atoms with E-state index >= 15 is 0 Å². The molecule has 8 N–H and O–H groups in total. The monoisotopic (exact) mass is 1910 g/mol. The van der Waals surface area contributed by atoms with E-state index in [1.54, 1.807) is 14.2 Å². The molecule has 10 fully saturated rings. The summed E-state index contributed by atoms with van der Waals surface area (Å²) in [5.41, 5.74) is 5.34. The van der Waals surface area contributed by atoms with Crippen LogP contribution in [0.3, 0.4) is 0 Å². The molecule has 140 heavy (non-hydrogen) atoms. The lowest BCUT2D eigenvalue weighted by molar-refractivity contribution is -0.135. The molecule has 8 aromatic rings. The second kappa shape index (κ2) is 56.6. The van der Waals surface area contributed by atoms with E-state index in [1.807, 2.05) is 170 Å². The first-order chi connectivity index (χ1) is 68.1. The number of hydrogen-bond donors (Lipinski definition) is 8. The third kappa shape index (κ3) is 28.2. The highest BCUT2D eigenvalue weighted by Crippen LogP contribution is 2.46. The predicted molar refractivity (Wildman–Crippen MR) is 561 cm³/mol. The topological polar surface area (TPSA) is 274 Å². The van der Waals surface area contributed by atoms with Gasteiger partial charge in [-0.1, -0.05) is 294 Å². The normalized spacial score (nSPS) is 26.0. The third-order valence-corrected chi connectivity index (χ3v) is 30.4. The number of carbonyl (C=O) groups excluding carboxylic acids is 8. The van der Waals surface area contributed by atoms with Gasteiger partial charge in [-0.3, -0.25) is 80.1 Å². The zero-order chi connectivity index (χ0) is 99.4. The van der Waals surface area contributed by atoms with Crippen LogP contribution in [0.15, 0.2) is 243 Å². The fraction of sp³-hybridized carbons (Fsp3) is 0.533. The molecule has 756 valence electrons. The lowest BCUT2D eigenvalue weighted by Gasteiger charge is -2.43. The minimum Gasteiger partial charge on any atom is -0.395 e. The Bertz CT molecular complexity index is 4720. The lowest BCUT2D eigenvalue weighted by atomic mass is 9.74. The Hall–Kier alpha value is -9.36. The minimum absolute atomic E-state index is 0.0574. The summed E-state index contributed by atoms with van der Waals surface area (Å²) in [6, 6.07) is 81.7. The predicted octanol–water partition coefficient (Wildman–Crippen LogP) is 20.0. The standard InChI is InChI=1S/2C16H21NO.2C15H21NO2.2C15H21NO.2C14H19NO2/c2*18-15-10-4-5-11-16(15,17-12-6-7-13-17)14-8-2-1-3-9-14;2*1-18-12-11-16-15(10-6-5-9-14(15)17)13-7-3-2-4-8-13;2*1-12(2)16-15(11-7-6-10-14(15)17)13-8-4-3-5-9-13;2*16-11-10-15-14(9-5-4-8-13(14)17)12-6-2-1-3-7-12/h2*1-3,8-9H,4-7,10-13H2;2*2-4,7-8,16H,5-6,9-12H2,1H3;2*3-5,8-9,12,16H,6-7,10-11H2,1-2H3;2*1-3,6-7,15-16H,4-5,8-11H2/t2*16-;4*15-;2*14-/m10101010/s1. The summed E-state index contributed by atoms with van der Waals surface area (Å²) >= 11 is 0. The van der Waals surface area contributed by atoms with Crippen LogP contribution in [0.4, 0.5) is 0 Å². The summed E-state index contributed by atoms with van der Waals surface area (Å²) in [7, 11) is 3.36. The second-order valence-corrected chi connectivity index (χ2v) is 40.2. The first-order valence-electron chi connectivity index (χ1n) is 53.1. The van der Waals surface area contributed by atoms with Crippen molar-refractivity contribution in [1.29, 1.82) is 0 Å². The van der Waals surface area contributed by atoms with Crippen LogP contribution in [0.5, 0.6) is 0 Å².